The molecule has 0 heterocycles. The number of ether oxygens (including phenoxy) is 1. The van der Waals surface area contributed by atoms with Crippen LogP contribution in [0, 0.1) is 12.8 Å². The minimum atomic E-state index is -0.606. The Kier molecular flexibility index (Phi) is 8.70. The van der Waals surface area contributed by atoms with E-state index in [4.69, 9.17) is 4.74 Å². The predicted octanol–water partition coefficient (Wildman–Crippen LogP) is 4.33. The zero-order chi connectivity index (χ0) is 21.4. The molecule has 1 N–H and O–H groups in total. The molecule has 0 aliphatic rings. The van der Waals surface area contributed by atoms with E-state index >= 15 is 0 Å². The summed E-state index contributed by atoms with van der Waals surface area (Å²) in [5.41, 5.74) is 2.00. The van der Waals surface area contributed by atoms with E-state index < -0.39 is 6.04 Å². The number of rotatable bonds is 9. The number of benzene rings is 2. The summed E-state index contributed by atoms with van der Waals surface area (Å²) in [5, 5.41) is 2.91. The SMILES string of the molecule is Cc1cccc(OCC(=O)N(Cc2ccc(Br)cc2)[C@@H](C)C(=O)NCC(C)C)c1. The lowest BCUT2D eigenvalue weighted by Gasteiger charge is -2.29. The van der Waals surface area contributed by atoms with Gasteiger partial charge in [-0.15, -0.1) is 0 Å². The molecule has 0 spiro atoms. The van der Waals surface area contributed by atoms with Crippen molar-refractivity contribution < 1.29 is 14.3 Å². The zero-order valence-corrected chi connectivity index (χ0v) is 19.0. The lowest BCUT2D eigenvalue weighted by atomic mass is 10.1. The summed E-state index contributed by atoms with van der Waals surface area (Å²) >= 11 is 3.42. The number of aryl methyl sites for hydroxylation is 1. The van der Waals surface area contributed by atoms with Crippen LogP contribution in [0.4, 0.5) is 0 Å². The fourth-order valence-corrected chi connectivity index (χ4v) is 3.02. The molecule has 2 aromatic carbocycles. The molecule has 0 unspecified atom stereocenters. The first-order chi connectivity index (χ1) is 13.8. The third-order valence-corrected chi connectivity index (χ3v) is 5.00. The quantitative estimate of drug-likeness (QED) is 0.605. The molecule has 2 aromatic rings. The van der Waals surface area contributed by atoms with Crippen molar-refractivity contribution in [2.75, 3.05) is 13.2 Å². The molecule has 5 nitrogen and oxygen atoms in total. The Labute approximate surface area is 181 Å². The summed E-state index contributed by atoms with van der Waals surface area (Å²) in [6, 6.07) is 14.7. The number of amides is 2. The second kappa shape index (κ2) is 11.0. The lowest BCUT2D eigenvalue weighted by Crippen LogP contribution is -2.49. The van der Waals surface area contributed by atoms with Crippen molar-refractivity contribution in [2.45, 2.75) is 40.3 Å². The molecule has 0 saturated carbocycles. The van der Waals surface area contributed by atoms with Crippen LogP contribution in [0.1, 0.15) is 31.9 Å². The molecule has 0 aliphatic carbocycles. The second-order valence-corrected chi connectivity index (χ2v) is 8.48. The minimum absolute atomic E-state index is 0.123. The van der Waals surface area contributed by atoms with Crippen LogP contribution in [0.2, 0.25) is 0 Å². The smallest absolute Gasteiger partial charge is 0.261 e. The Morgan fingerprint density at radius 3 is 2.41 bits per heavy atom. The van der Waals surface area contributed by atoms with Crippen LogP contribution >= 0.6 is 15.9 Å². The highest BCUT2D eigenvalue weighted by Gasteiger charge is 2.26. The van der Waals surface area contributed by atoms with Gasteiger partial charge in [0.2, 0.25) is 5.91 Å². The third-order valence-electron chi connectivity index (χ3n) is 4.47. The number of hydrogen-bond donors (Lipinski definition) is 1. The van der Waals surface area contributed by atoms with E-state index in [2.05, 4.69) is 21.2 Å². The topological polar surface area (TPSA) is 58.6 Å². The van der Waals surface area contributed by atoms with Crippen LogP contribution in [0.5, 0.6) is 5.75 Å². The summed E-state index contributed by atoms with van der Waals surface area (Å²) in [6.07, 6.45) is 0. The van der Waals surface area contributed by atoms with Gasteiger partial charge in [-0.05, 0) is 55.2 Å². The maximum atomic E-state index is 13.0. The molecule has 0 bridgehead atoms. The van der Waals surface area contributed by atoms with E-state index in [1.165, 1.54) is 0 Å². The van der Waals surface area contributed by atoms with Gasteiger partial charge in [-0.25, -0.2) is 0 Å². The van der Waals surface area contributed by atoms with Crippen LogP contribution in [0.15, 0.2) is 53.0 Å². The molecule has 2 amide bonds. The van der Waals surface area contributed by atoms with Gasteiger partial charge >= 0.3 is 0 Å². The average molecular weight is 461 g/mol. The number of carbonyl (C=O) groups is 2. The van der Waals surface area contributed by atoms with E-state index in [0.29, 0.717) is 24.8 Å². The Bertz CT molecular complexity index is 821. The number of hydrogen-bond acceptors (Lipinski definition) is 3. The minimum Gasteiger partial charge on any atom is -0.484 e. The summed E-state index contributed by atoms with van der Waals surface area (Å²) in [6.45, 7) is 8.57. The van der Waals surface area contributed by atoms with Gasteiger partial charge in [0.05, 0.1) is 0 Å². The van der Waals surface area contributed by atoms with Crippen LogP contribution in [0.25, 0.3) is 0 Å². The summed E-state index contributed by atoms with van der Waals surface area (Å²) in [5.74, 6) is 0.576. The number of nitrogens with zero attached hydrogens (tertiary/aromatic N) is 1. The van der Waals surface area contributed by atoms with Crippen molar-refractivity contribution in [1.82, 2.24) is 10.2 Å². The van der Waals surface area contributed by atoms with Gasteiger partial charge in [0, 0.05) is 17.6 Å². The van der Waals surface area contributed by atoms with E-state index in [-0.39, 0.29) is 18.4 Å². The van der Waals surface area contributed by atoms with Crippen molar-refractivity contribution in [3.8, 4) is 5.75 Å². The largest absolute Gasteiger partial charge is 0.484 e. The van der Waals surface area contributed by atoms with Gasteiger partial charge in [0.15, 0.2) is 6.61 Å². The van der Waals surface area contributed by atoms with Crippen molar-refractivity contribution in [3.63, 3.8) is 0 Å². The molecule has 1 atom stereocenters. The molecule has 0 aliphatic heterocycles. The first kappa shape index (κ1) is 22.9. The van der Waals surface area contributed by atoms with Gasteiger partial charge in [0.25, 0.3) is 5.91 Å². The molecule has 156 valence electrons. The number of nitrogens with one attached hydrogen (secondary N) is 1. The molecule has 2 rings (SSSR count). The highest BCUT2D eigenvalue weighted by molar-refractivity contribution is 9.10. The maximum Gasteiger partial charge on any atom is 0.261 e. The van der Waals surface area contributed by atoms with Crippen molar-refractivity contribution >= 4 is 27.7 Å². The van der Waals surface area contributed by atoms with E-state index in [1.54, 1.807) is 11.8 Å². The lowest BCUT2D eigenvalue weighted by molar-refractivity contribution is -0.142. The van der Waals surface area contributed by atoms with Crippen molar-refractivity contribution in [3.05, 3.63) is 64.1 Å². The number of carbonyl (C=O) groups excluding carboxylic acids is 2. The van der Waals surface area contributed by atoms with E-state index in [9.17, 15) is 9.59 Å². The van der Waals surface area contributed by atoms with Gasteiger partial charge in [-0.2, -0.15) is 0 Å². The van der Waals surface area contributed by atoms with E-state index in [1.807, 2.05) is 69.3 Å². The molecule has 0 aromatic heterocycles. The fraction of sp³-hybridized carbons (Fsp3) is 0.391. The van der Waals surface area contributed by atoms with Gasteiger partial charge < -0.3 is 15.0 Å². The predicted molar refractivity (Wildman–Crippen MR) is 119 cm³/mol. The van der Waals surface area contributed by atoms with Gasteiger partial charge in [0.1, 0.15) is 11.8 Å². The number of halogens is 1. The molecule has 0 saturated heterocycles. The standard InChI is InChI=1S/C23H29BrN2O3/c1-16(2)13-25-23(28)18(4)26(14-19-8-10-20(24)11-9-19)22(27)15-29-21-7-5-6-17(3)12-21/h5-12,16,18H,13-15H2,1-4H3,(H,25,28)/t18-/m0/s1. The van der Waals surface area contributed by atoms with E-state index in [0.717, 1.165) is 15.6 Å². The van der Waals surface area contributed by atoms with Gasteiger partial charge in [-0.3, -0.25) is 9.59 Å². The highest BCUT2D eigenvalue weighted by atomic mass is 79.9. The second-order valence-electron chi connectivity index (χ2n) is 7.57. The zero-order valence-electron chi connectivity index (χ0n) is 17.4. The van der Waals surface area contributed by atoms with Crippen LogP contribution < -0.4 is 10.1 Å². The molecule has 0 radical (unpaired) electrons. The first-order valence-corrected chi connectivity index (χ1v) is 10.6. The summed E-state index contributed by atoms with van der Waals surface area (Å²) in [7, 11) is 0. The normalized spacial score (nSPS) is 11.8. The first-order valence-electron chi connectivity index (χ1n) is 9.77. The summed E-state index contributed by atoms with van der Waals surface area (Å²) < 4.78 is 6.65. The average Bonchev–Trinajstić information content (AvgIpc) is 2.69. The third kappa shape index (κ3) is 7.54. The van der Waals surface area contributed by atoms with Crippen molar-refractivity contribution in [2.24, 2.45) is 5.92 Å². The molecular formula is C23H29BrN2O3. The van der Waals surface area contributed by atoms with Gasteiger partial charge in [-0.1, -0.05) is 54.0 Å². The van der Waals surface area contributed by atoms with Crippen molar-refractivity contribution in [1.29, 1.82) is 0 Å². The Morgan fingerprint density at radius 1 is 1.10 bits per heavy atom. The Morgan fingerprint density at radius 2 is 1.79 bits per heavy atom. The van der Waals surface area contributed by atoms with Crippen LogP contribution in [0.3, 0.4) is 0 Å². The maximum absolute atomic E-state index is 13.0. The molecule has 29 heavy (non-hydrogen) atoms. The fourth-order valence-electron chi connectivity index (χ4n) is 2.75. The highest BCUT2D eigenvalue weighted by Crippen LogP contribution is 2.16. The monoisotopic (exact) mass is 460 g/mol. The van der Waals surface area contributed by atoms with Crippen LogP contribution in [-0.2, 0) is 16.1 Å². The van der Waals surface area contributed by atoms with Crippen LogP contribution in [-0.4, -0.2) is 35.9 Å². The molecule has 6 heteroatoms. The Balaban J connectivity index is 2.12. The molecular weight excluding hydrogens is 432 g/mol. The molecule has 0 fully saturated rings. The summed E-state index contributed by atoms with van der Waals surface area (Å²) in [4.78, 5) is 27.1. The Hall–Kier alpha value is -2.34.